The summed E-state index contributed by atoms with van der Waals surface area (Å²) in [4.78, 5) is 40.9. The number of hydrogen-bond donors (Lipinski definition) is 1. The molecule has 0 spiro atoms. The molecule has 2 aliphatic rings. The van der Waals surface area contributed by atoms with Crippen LogP contribution in [0.25, 0.3) is 0 Å². The Labute approximate surface area is 173 Å². The number of likely N-dealkylation sites (N-methyl/N-ethyl adjacent to an activating group) is 1. The number of halogens is 1. The number of amides is 3. The molecule has 2 aromatic carbocycles. The first-order chi connectivity index (χ1) is 14.4. The molecule has 7 nitrogen and oxygen atoms in total. The molecule has 0 saturated carbocycles. The highest BCUT2D eigenvalue weighted by Crippen LogP contribution is 2.36. The molecule has 0 bridgehead atoms. The molecule has 2 heterocycles. The van der Waals surface area contributed by atoms with Gasteiger partial charge in [-0.3, -0.25) is 14.4 Å². The fourth-order valence-corrected chi connectivity index (χ4v) is 3.90. The summed E-state index contributed by atoms with van der Waals surface area (Å²) < 4.78 is 20.1. The van der Waals surface area contributed by atoms with Crippen molar-refractivity contribution in [3.8, 4) is 5.75 Å². The van der Waals surface area contributed by atoms with E-state index in [0.29, 0.717) is 11.4 Å². The summed E-state index contributed by atoms with van der Waals surface area (Å²) in [5.74, 6) is -1.64. The highest BCUT2D eigenvalue weighted by Gasteiger charge is 2.41. The molecule has 2 aromatic rings. The SMILES string of the molecule is CNC(=O)C1CN(C(=O)C2CC(=O)N(c3ccc(C)cc3F)C2)c2ccccc2O1. The van der Waals surface area contributed by atoms with Gasteiger partial charge in [-0.25, -0.2) is 4.39 Å². The highest BCUT2D eigenvalue weighted by molar-refractivity contribution is 6.05. The second kappa shape index (κ2) is 7.78. The Hall–Kier alpha value is -3.42. The number of benzene rings is 2. The van der Waals surface area contributed by atoms with Crippen molar-refractivity contribution in [1.29, 1.82) is 0 Å². The van der Waals surface area contributed by atoms with Crippen LogP contribution < -0.4 is 19.9 Å². The predicted molar refractivity (Wildman–Crippen MR) is 109 cm³/mol. The maximum Gasteiger partial charge on any atom is 0.262 e. The Morgan fingerprint density at radius 3 is 2.63 bits per heavy atom. The number of anilines is 2. The molecule has 3 amide bonds. The van der Waals surface area contributed by atoms with Crippen molar-refractivity contribution in [2.75, 3.05) is 29.9 Å². The van der Waals surface area contributed by atoms with E-state index in [4.69, 9.17) is 4.74 Å². The molecule has 156 valence electrons. The second-order valence-electron chi connectivity index (χ2n) is 7.50. The number of para-hydroxylation sites is 2. The fraction of sp³-hybridized carbons (Fsp3) is 0.318. The van der Waals surface area contributed by atoms with Gasteiger partial charge >= 0.3 is 0 Å². The van der Waals surface area contributed by atoms with Crippen LogP contribution in [0.1, 0.15) is 12.0 Å². The van der Waals surface area contributed by atoms with Gasteiger partial charge in [-0.15, -0.1) is 0 Å². The van der Waals surface area contributed by atoms with Crippen LogP contribution in [0.15, 0.2) is 42.5 Å². The van der Waals surface area contributed by atoms with Gasteiger partial charge in [0, 0.05) is 20.0 Å². The molecular weight excluding hydrogens is 389 g/mol. The van der Waals surface area contributed by atoms with E-state index in [0.717, 1.165) is 5.56 Å². The number of carbonyl (C=O) groups is 3. The minimum atomic E-state index is -0.850. The van der Waals surface area contributed by atoms with Crippen LogP contribution in [0.3, 0.4) is 0 Å². The van der Waals surface area contributed by atoms with Gasteiger partial charge in [0.15, 0.2) is 6.10 Å². The van der Waals surface area contributed by atoms with Crippen molar-refractivity contribution in [1.82, 2.24) is 5.32 Å². The Morgan fingerprint density at radius 1 is 1.13 bits per heavy atom. The molecule has 0 aromatic heterocycles. The summed E-state index contributed by atoms with van der Waals surface area (Å²) in [5.41, 5.74) is 1.47. The van der Waals surface area contributed by atoms with Gasteiger partial charge in [-0.2, -0.15) is 0 Å². The molecule has 2 atom stereocenters. The third-order valence-corrected chi connectivity index (χ3v) is 5.45. The van der Waals surface area contributed by atoms with E-state index in [9.17, 15) is 18.8 Å². The minimum Gasteiger partial charge on any atom is -0.477 e. The average Bonchev–Trinajstić information content (AvgIpc) is 3.13. The molecular formula is C22H22FN3O4. The number of rotatable bonds is 3. The van der Waals surface area contributed by atoms with E-state index in [1.807, 2.05) is 0 Å². The van der Waals surface area contributed by atoms with Gasteiger partial charge < -0.3 is 19.9 Å². The van der Waals surface area contributed by atoms with E-state index >= 15 is 0 Å². The van der Waals surface area contributed by atoms with Crippen molar-refractivity contribution >= 4 is 29.1 Å². The summed E-state index contributed by atoms with van der Waals surface area (Å²) in [7, 11) is 1.50. The summed E-state index contributed by atoms with van der Waals surface area (Å²) in [6, 6.07) is 11.6. The van der Waals surface area contributed by atoms with E-state index in [2.05, 4.69) is 5.32 Å². The summed E-state index contributed by atoms with van der Waals surface area (Å²) in [5, 5.41) is 2.53. The standard InChI is InChI=1S/C22H22FN3O4/c1-13-7-8-16(15(23)9-13)25-11-14(10-20(25)27)22(29)26-12-19(21(28)24-2)30-18-6-4-3-5-17(18)26/h3-9,14,19H,10-12H2,1-2H3,(H,24,28). The minimum absolute atomic E-state index is 0.0175. The maximum atomic E-state index is 14.4. The first-order valence-corrected chi connectivity index (χ1v) is 9.74. The molecule has 2 unspecified atom stereocenters. The fourth-order valence-electron chi connectivity index (χ4n) is 3.90. The zero-order chi connectivity index (χ0) is 21.4. The quantitative estimate of drug-likeness (QED) is 0.838. The lowest BCUT2D eigenvalue weighted by molar-refractivity contribution is -0.128. The van der Waals surface area contributed by atoms with Crippen LogP contribution >= 0.6 is 0 Å². The van der Waals surface area contributed by atoms with Gasteiger partial charge in [-0.05, 0) is 36.8 Å². The first kappa shape index (κ1) is 19.9. The molecule has 1 N–H and O–H groups in total. The monoisotopic (exact) mass is 411 g/mol. The number of nitrogens with one attached hydrogen (secondary N) is 1. The molecule has 30 heavy (non-hydrogen) atoms. The maximum absolute atomic E-state index is 14.4. The lowest BCUT2D eigenvalue weighted by atomic mass is 10.0. The number of nitrogens with zero attached hydrogens (tertiary/aromatic N) is 2. The van der Waals surface area contributed by atoms with Crippen molar-refractivity contribution in [3.63, 3.8) is 0 Å². The number of hydrogen-bond acceptors (Lipinski definition) is 4. The Balaban J connectivity index is 1.59. The van der Waals surface area contributed by atoms with Gasteiger partial charge in [0.25, 0.3) is 5.91 Å². The number of ether oxygens (including phenoxy) is 1. The lowest BCUT2D eigenvalue weighted by Crippen LogP contribution is -2.51. The summed E-state index contributed by atoms with van der Waals surface area (Å²) >= 11 is 0. The van der Waals surface area contributed by atoms with Crippen LogP contribution in [-0.4, -0.2) is 44.0 Å². The largest absolute Gasteiger partial charge is 0.477 e. The number of carbonyl (C=O) groups excluding carboxylic acids is 3. The van der Waals surface area contributed by atoms with Crippen LogP contribution in [0, 0.1) is 18.7 Å². The summed E-state index contributed by atoms with van der Waals surface area (Å²) in [6.45, 7) is 1.89. The Bertz CT molecular complexity index is 1030. The smallest absolute Gasteiger partial charge is 0.262 e. The van der Waals surface area contributed by atoms with Crippen LogP contribution in [-0.2, 0) is 14.4 Å². The van der Waals surface area contributed by atoms with Gasteiger partial charge in [0.05, 0.1) is 23.8 Å². The third-order valence-electron chi connectivity index (χ3n) is 5.45. The van der Waals surface area contributed by atoms with Crippen molar-refractivity contribution in [3.05, 3.63) is 53.8 Å². The lowest BCUT2D eigenvalue weighted by Gasteiger charge is -2.35. The first-order valence-electron chi connectivity index (χ1n) is 9.74. The molecule has 1 saturated heterocycles. The topological polar surface area (TPSA) is 79.0 Å². The summed E-state index contributed by atoms with van der Waals surface area (Å²) in [6.07, 6.45) is -0.868. The highest BCUT2D eigenvalue weighted by atomic mass is 19.1. The van der Waals surface area contributed by atoms with Crippen molar-refractivity contribution < 1.29 is 23.5 Å². The van der Waals surface area contributed by atoms with Crippen LogP contribution in [0.2, 0.25) is 0 Å². The van der Waals surface area contributed by atoms with Crippen LogP contribution in [0.4, 0.5) is 15.8 Å². The van der Waals surface area contributed by atoms with Crippen LogP contribution in [0.5, 0.6) is 5.75 Å². The number of aryl methyl sites for hydroxylation is 1. The number of fused-ring (bicyclic) bond motifs is 1. The zero-order valence-corrected chi connectivity index (χ0v) is 16.7. The normalized spacial score (nSPS) is 20.6. The van der Waals surface area contributed by atoms with Gasteiger partial charge in [-0.1, -0.05) is 18.2 Å². The molecule has 8 heteroatoms. The average molecular weight is 411 g/mol. The second-order valence-corrected chi connectivity index (χ2v) is 7.50. The van der Waals surface area contributed by atoms with E-state index in [1.165, 1.54) is 22.9 Å². The van der Waals surface area contributed by atoms with E-state index in [-0.39, 0.29) is 42.9 Å². The molecule has 2 aliphatic heterocycles. The predicted octanol–water partition coefficient (Wildman–Crippen LogP) is 2.03. The molecule has 4 rings (SSSR count). The molecule has 1 fully saturated rings. The van der Waals surface area contributed by atoms with E-state index < -0.39 is 17.8 Å². The van der Waals surface area contributed by atoms with Crippen molar-refractivity contribution in [2.45, 2.75) is 19.4 Å². The van der Waals surface area contributed by atoms with E-state index in [1.54, 1.807) is 43.3 Å². The Kier molecular flexibility index (Phi) is 5.15. The molecule has 0 aliphatic carbocycles. The third kappa shape index (κ3) is 3.49. The van der Waals surface area contributed by atoms with Gasteiger partial charge in [0.2, 0.25) is 11.8 Å². The zero-order valence-electron chi connectivity index (χ0n) is 16.7. The van der Waals surface area contributed by atoms with Gasteiger partial charge in [0.1, 0.15) is 11.6 Å². The van der Waals surface area contributed by atoms with Crippen molar-refractivity contribution in [2.24, 2.45) is 5.92 Å². The molecule has 0 radical (unpaired) electrons. The Morgan fingerprint density at radius 2 is 1.90 bits per heavy atom.